The van der Waals surface area contributed by atoms with E-state index in [1.807, 2.05) is 35.0 Å². The Bertz CT molecular complexity index is 1140. The van der Waals surface area contributed by atoms with Crippen molar-refractivity contribution in [2.75, 3.05) is 7.11 Å². The first kappa shape index (κ1) is 20.0. The van der Waals surface area contributed by atoms with Gasteiger partial charge in [-0.2, -0.15) is 18.2 Å². The summed E-state index contributed by atoms with van der Waals surface area (Å²) in [5.41, 5.74) is 0.612. The van der Waals surface area contributed by atoms with Gasteiger partial charge in [-0.15, -0.1) is 0 Å². The van der Waals surface area contributed by atoms with Crippen molar-refractivity contribution < 1.29 is 22.4 Å². The monoisotopic (exact) mass is 432 g/mol. The van der Waals surface area contributed by atoms with Gasteiger partial charge in [0, 0.05) is 24.0 Å². The van der Waals surface area contributed by atoms with Crippen LogP contribution in [0.1, 0.15) is 11.5 Å². The van der Waals surface area contributed by atoms with Crippen LogP contribution in [0.4, 0.5) is 13.2 Å². The number of alkyl halides is 3. The molecule has 0 aliphatic rings. The van der Waals surface area contributed by atoms with Crippen molar-refractivity contribution in [3.8, 4) is 22.8 Å². The number of thioether (sulfide) groups is 1. The molecule has 154 valence electrons. The van der Waals surface area contributed by atoms with Crippen molar-refractivity contribution in [1.82, 2.24) is 19.7 Å². The molecule has 0 atom stereocenters. The third-order valence-electron chi connectivity index (χ3n) is 4.20. The number of ether oxygens (including phenoxy) is 1. The summed E-state index contributed by atoms with van der Waals surface area (Å²) in [6.07, 6.45) is -0.871. The minimum absolute atomic E-state index is 0.232. The van der Waals surface area contributed by atoms with Crippen molar-refractivity contribution in [3.63, 3.8) is 0 Å². The summed E-state index contributed by atoms with van der Waals surface area (Å²) in [4.78, 5) is 8.61. The number of aromatic nitrogens is 4. The van der Waals surface area contributed by atoms with E-state index in [9.17, 15) is 13.2 Å². The van der Waals surface area contributed by atoms with E-state index in [2.05, 4.69) is 15.1 Å². The largest absolute Gasteiger partial charge is 0.497 e. The molecule has 0 N–H and O–H groups in total. The first-order valence-corrected chi connectivity index (χ1v) is 9.73. The second kappa shape index (κ2) is 8.23. The van der Waals surface area contributed by atoms with Crippen LogP contribution in [0.15, 0.2) is 70.6 Å². The molecule has 4 aromatic rings. The maximum atomic E-state index is 12.7. The van der Waals surface area contributed by atoms with Gasteiger partial charge in [0.15, 0.2) is 5.16 Å². The van der Waals surface area contributed by atoms with Gasteiger partial charge in [-0.25, -0.2) is 4.98 Å². The number of benzene rings is 2. The molecule has 10 heteroatoms. The lowest BCUT2D eigenvalue weighted by atomic mass is 10.1. The molecule has 0 radical (unpaired) electrons. The van der Waals surface area contributed by atoms with Crippen LogP contribution in [0.25, 0.3) is 17.1 Å². The van der Waals surface area contributed by atoms with Gasteiger partial charge in [0.1, 0.15) is 5.75 Å². The summed E-state index contributed by atoms with van der Waals surface area (Å²) in [7, 11) is 1.60. The van der Waals surface area contributed by atoms with Crippen molar-refractivity contribution in [2.45, 2.75) is 17.1 Å². The minimum atomic E-state index is -4.39. The molecule has 30 heavy (non-hydrogen) atoms. The molecule has 0 aliphatic carbocycles. The van der Waals surface area contributed by atoms with E-state index in [0.29, 0.717) is 17.2 Å². The van der Waals surface area contributed by atoms with Crippen molar-refractivity contribution in [3.05, 3.63) is 72.4 Å². The number of rotatable bonds is 6. The van der Waals surface area contributed by atoms with Crippen LogP contribution >= 0.6 is 11.8 Å². The van der Waals surface area contributed by atoms with E-state index < -0.39 is 11.7 Å². The number of imidazole rings is 1. The molecule has 0 saturated heterocycles. The zero-order chi connectivity index (χ0) is 21.1. The van der Waals surface area contributed by atoms with E-state index in [4.69, 9.17) is 9.26 Å². The fraction of sp³-hybridized carbons (Fsp3) is 0.150. The fourth-order valence-electron chi connectivity index (χ4n) is 2.72. The fourth-order valence-corrected chi connectivity index (χ4v) is 3.53. The van der Waals surface area contributed by atoms with E-state index >= 15 is 0 Å². The van der Waals surface area contributed by atoms with Crippen LogP contribution in [-0.4, -0.2) is 26.8 Å². The molecule has 2 heterocycles. The summed E-state index contributed by atoms with van der Waals surface area (Å²) in [5, 5.41) is 4.58. The summed E-state index contributed by atoms with van der Waals surface area (Å²) >= 11 is 1.40. The Labute approximate surface area is 173 Å². The summed E-state index contributed by atoms with van der Waals surface area (Å²) < 4.78 is 50.5. The van der Waals surface area contributed by atoms with Gasteiger partial charge in [0.05, 0.1) is 24.1 Å². The maximum Gasteiger partial charge on any atom is 0.416 e. The Balaban J connectivity index is 1.46. The topological polar surface area (TPSA) is 66.0 Å². The molecule has 0 saturated carbocycles. The first-order valence-electron chi connectivity index (χ1n) is 8.75. The van der Waals surface area contributed by atoms with Crippen LogP contribution in [0, 0.1) is 0 Å². The van der Waals surface area contributed by atoms with E-state index in [1.54, 1.807) is 13.3 Å². The van der Waals surface area contributed by atoms with Gasteiger partial charge in [0.2, 0.25) is 11.7 Å². The molecule has 0 unspecified atom stereocenters. The molecule has 2 aromatic heterocycles. The summed E-state index contributed by atoms with van der Waals surface area (Å²) in [5.74, 6) is 1.66. The molecule has 4 rings (SSSR count). The van der Waals surface area contributed by atoms with Gasteiger partial charge in [-0.05, 0) is 24.3 Å². The average Bonchev–Trinajstić information content (AvgIpc) is 3.41. The molecule has 0 spiro atoms. The average molecular weight is 432 g/mol. The smallest absolute Gasteiger partial charge is 0.416 e. The zero-order valence-corrected chi connectivity index (χ0v) is 16.4. The lowest BCUT2D eigenvalue weighted by Crippen LogP contribution is -2.04. The molecule has 2 aromatic carbocycles. The number of hydrogen-bond donors (Lipinski definition) is 0. The lowest BCUT2D eigenvalue weighted by Gasteiger charge is -2.08. The molecule has 0 amide bonds. The molecule has 0 fully saturated rings. The van der Waals surface area contributed by atoms with E-state index in [0.717, 1.165) is 28.7 Å². The second-order valence-corrected chi connectivity index (χ2v) is 7.10. The quantitative estimate of drug-likeness (QED) is 0.388. The summed E-state index contributed by atoms with van der Waals surface area (Å²) in [6, 6.07) is 12.2. The second-order valence-electron chi connectivity index (χ2n) is 6.16. The normalized spacial score (nSPS) is 11.6. The standard InChI is InChI=1S/C20H15F3N4O2S/c1-28-16-4-2-3-15(11-16)27-10-9-24-19(27)30-12-17-25-18(26-29-17)13-5-7-14(8-6-13)20(21,22)23/h2-11H,12H2,1H3. The number of methoxy groups -OCH3 is 1. The lowest BCUT2D eigenvalue weighted by molar-refractivity contribution is -0.137. The molecular weight excluding hydrogens is 417 g/mol. The predicted molar refractivity (Wildman–Crippen MR) is 104 cm³/mol. The Morgan fingerprint density at radius 3 is 2.67 bits per heavy atom. The Kier molecular flexibility index (Phi) is 5.49. The van der Waals surface area contributed by atoms with Crippen LogP contribution in [0.5, 0.6) is 5.75 Å². The van der Waals surface area contributed by atoms with Gasteiger partial charge < -0.3 is 9.26 Å². The number of hydrogen-bond acceptors (Lipinski definition) is 6. The highest BCUT2D eigenvalue weighted by Crippen LogP contribution is 2.31. The highest BCUT2D eigenvalue weighted by molar-refractivity contribution is 7.98. The third-order valence-corrected chi connectivity index (χ3v) is 5.15. The highest BCUT2D eigenvalue weighted by atomic mass is 32.2. The highest BCUT2D eigenvalue weighted by Gasteiger charge is 2.30. The maximum absolute atomic E-state index is 12.7. The van der Waals surface area contributed by atoms with Crippen molar-refractivity contribution >= 4 is 11.8 Å². The Hall–Kier alpha value is -3.27. The first-order chi connectivity index (χ1) is 14.4. The van der Waals surface area contributed by atoms with Gasteiger partial charge in [-0.1, -0.05) is 35.1 Å². The molecule has 6 nitrogen and oxygen atoms in total. The number of nitrogens with zero attached hydrogens (tertiary/aromatic N) is 4. The van der Waals surface area contributed by atoms with Crippen molar-refractivity contribution in [1.29, 1.82) is 0 Å². The minimum Gasteiger partial charge on any atom is -0.497 e. The van der Waals surface area contributed by atoms with E-state index in [1.165, 1.54) is 23.9 Å². The third kappa shape index (κ3) is 4.33. The van der Waals surface area contributed by atoms with Gasteiger partial charge in [-0.3, -0.25) is 4.57 Å². The molecule has 0 bridgehead atoms. The van der Waals surface area contributed by atoms with Gasteiger partial charge in [0.25, 0.3) is 0 Å². The van der Waals surface area contributed by atoms with Crippen LogP contribution in [0.3, 0.4) is 0 Å². The predicted octanol–water partition coefficient (Wildman–Crippen LogP) is 5.24. The van der Waals surface area contributed by atoms with Crippen LogP contribution in [0.2, 0.25) is 0 Å². The van der Waals surface area contributed by atoms with Crippen LogP contribution < -0.4 is 4.74 Å². The van der Waals surface area contributed by atoms with Crippen molar-refractivity contribution in [2.24, 2.45) is 0 Å². The Morgan fingerprint density at radius 1 is 1.13 bits per heavy atom. The van der Waals surface area contributed by atoms with Gasteiger partial charge >= 0.3 is 6.18 Å². The Morgan fingerprint density at radius 2 is 1.93 bits per heavy atom. The zero-order valence-electron chi connectivity index (χ0n) is 15.6. The van der Waals surface area contributed by atoms with E-state index in [-0.39, 0.29) is 5.82 Å². The molecular formula is C20H15F3N4O2S. The molecule has 0 aliphatic heterocycles. The summed E-state index contributed by atoms with van der Waals surface area (Å²) in [6.45, 7) is 0. The van der Waals surface area contributed by atoms with Crippen LogP contribution in [-0.2, 0) is 11.9 Å². The SMILES string of the molecule is COc1cccc(-n2ccnc2SCc2nc(-c3ccc(C(F)(F)F)cc3)no2)c1. The number of halogens is 3.